The smallest absolute Gasteiger partial charge is 0.127 e. The number of hydrogen-bond donors (Lipinski definition) is 1. The van der Waals surface area contributed by atoms with E-state index in [0.717, 1.165) is 25.3 Å². The minimum atomic E-state index is 0.579. The summed E-state index contributed by atoms with van der Waals surface area (Å²) in [5, 5.41) is 12.0. The van der Waals surface area contributed by atoms with Gasteiger partial charge in [-0.15, -0.1) is 0 Å². The van der Waals surface area contributed by atoms with Gasteiger partial charge in [0.05, 0.1) is 11.6 Å². The molecule has 1 N–H and O–H groups in total. The Hall–Kier alpha value is -1.60. The Morgan fingerprint density at radius 1 is 1.53 bits per heavy atom. The number of pyridine rings is 1. The largest absolute Gasteiger partial charge is 0.370 e. The third kappa shape index (κ3) is 4.83. The lowest BCUT2D eigenvalue weighted by molar-refractivity contribution is 0.273. The van der Waals surface area contributed by atoms with Gasteiger partial charge in [-0.2, -0.15) is 5.26 Å². The molecule has 0 aliphatic rings. The van der Waals surface area contributed by atoms with Crippen LogP contribution in [0.2, 0.25) is 0 Å². The molecular formula is C13H20N4. The molecule has 17 heavy (non-hydrogen) atoms. The van der Waals surface area contributed by atoms with Gasteiger partial charge in [0.15, 0.2) is 0 Å². The van der Waals surface area contributed by atoms with Crippen molar-refractivity contribution in [3.8, 4) is 6.07 Å². The first-order chi connectivity index (χ1) is 8.13. The molecule has 0 aliphatic heterocycles. The molecule has 0 unspecified atom stereocenters. The number of nitrogens with one attached hydrogen (secondary N) is 1. The fourth-order valence-electron chi connectivity index (χ4n) is 1.40. The molecule has 1 heterocycles. The van der Waals surface area contributed by atoms with Gasteiger partial charge in [-0.1, -0.05) is 0 Å². The minimum Gasteiger partial charge on any atom is -0.370 e. The highest BCUT2D eigenvalue weighted by molar-refractivity contribution is 5.42. The summed E-state index contributed by atoms with van der Waals surface area (Å²) in [6, 6.07) is 6.16. The molecule has 1 aromatic rings. The average Bonchev–Trinajstić information content (AvgIpc) is 2.34. The number of rotatable bonds is 6. The highest BCUT2D eigenvalue weighted by atomic mass is 15.1. The lowest BCUT2D eigenvalue weighted by Gasteiger charge is -2.20. The zero-order valence-electron chi connectivity index (χ0n) is 10.8. The second-order valence-corrected chi connectivity index (χ2v) is 4.40. The predicted molar refractivity (Wildman–Crippen MR) is 69.8 cm³/mol. The van der Waals surface area contributed by atoms with Crippen molar-refractivity contribution >= 4 is 5.82 Å². The van der Waals surface area contributed by atoms with E-state index in [2.05, 4.69) is 42.2 Å². The SMILES string of the molecule is CC(C)N(C)CCCNc1cc(C#N)ccn1. The molecule has 1 rings (SSSR count). The molecule has 0 bridgehead atoms. The van der Waals surface area contributed by atoms with Gasteiger partial charge in [0, 0.05) is 18.8 Å². The third-order valence-corrected chi connectivity index (χ3v) is 2.76. The number of hydrogen-bond acceptors (Lipinski definition) is 4. The molecule has 0 spiro atoms. The third-order valence-electron chi connectivity index (χ3n) is 2.76. The summed E-state index contributed by atoms with van der Waals surface area (Å²) in [4.78, 5) is 6.47. The van der Waals surface area contributed by atoms with Crippen LogP contribution in [0.15, 0.2) is 18.3 Å². The maximum absolute atomic E-state index is 8.76. The summed E-state index contributed by atoms with van der Waals surface area (Å²) in [6.45, 7) is 6.30. The Labute approximate surface area is 103 Å². The summed E-state index contributed by atoms with van der Waals surface area (Å²) in [7, 11) is 2.12. The van der Waals surface area contributed by atoms with Gasteiger partial charge in [-0.05, 0) is 46.0 Å². The first-order valence-electron chi connectivity index (χ1n) is 5.93. The van der Waals surface area contributed by atoms with Crippen molar-refractivity contribution < 1.29 is 0 Å². The van der Waals surface area contributed by atoms with Crippen LogP contribution in [0.4, 0.5) is 5.82 Å². The molecule has 92 valence electrons. The van der Waals surface area contributed by atoms with Crippen LogP contribution in [0.3, 0.4) is 0 Å². The quantitative estimate of drug-likeness (QED) is 0.763. The lowest BCUT2D eigenvalue weighted by atomic mass is 10.3. The molecule has 0 saturated heterocycles. The molecule has 0 aliphatic carbocycles. The Bertz CT molecular complexity index is 381. The summed E-state index contributed by atoms with van der Waals surface area (Å²) in [6.07, 6.45) is 2.72. The van der Waals surface area contributed by atoms with Crippen molar-refractivity contribution in [3.63, 3.8) is 0 Å². The fraction of sp³-hybridized carbons (Fsp3) is 0.538. The van der Waals surface area contributed by atoms with Crippen LogP contribution in [0.25, 0.3) is 0 Å². The van der Waals surface area contributed by atoms with Crippen LogP contribution in [-0.4, -0.2) is 36.1 Å². The van der Waals surface area contributed by atoms with E-state index in [0.29, 0.717) is 11.6 Å². The molecule has 0 radical (unpaired) electrons. The van der Waals surface area contributed by atoms with Crippen molar-refractivity contribution in [2.24, 2.45) is 0 Å². The molecule has 0 atom stereocenters. The van der Waals surface area contributed by atoms with Crippen molar-refractivity contribution in [3.05, 3.63) is 23.9 Å². The number of aromatic nitrogens is 1. The number of anilines is 1. The monoisotopic (exact) mass is 232 g/mol. The van der Waals surface area contributed by atoms with Crippen LogP contribution >= 0.6 is 0 Å². The Kier molecular flexibility index (Phi) is 5.44. The molecule has 4 heteroatoms. The van der Waals surface area contributed by atoms with Crippen LogP contribution < -0.4 is 5.32 Å². The standard InChI is InChI=1S/C13H20N4/c1-11(2)17(3)8-4-6-15-13-9-12(10-14)5-7-16-13/h5,7,9,11H,4,6,8H2,1-3H3,(H,15,16). The molecule has 0 aromatic carbocycles. The van der Waals surface area contributed by atoms with Gasteiger partial charge >= 0.3 is 0 Å². The normalized spacial score (nSPS) is 10.6. The zero-order chi connectivity index (χ0) is 12.7. The van der Waals surface area contributed by atoms with E-state index in [1.807, 2.05) is 0 Å². The van der Waals surface area contributed by atoms with Gasteiger partial charge in [0.25, 0.3) is 0 Å². The fourth-order valence-corrected chi connectivity index (χ4v) is 1.40. The van der Waals surface area contributed by atoms with E-state index in [1.165, 1.54) is 0 Å². The Morgan fingerprint density at radius 2 is 2.29 bits per heavy atom. The second-order valence-electron chi connectivity index (χ2n) is 4.40. The van der Waals surface area contributed by atoms with E-state index in [1.54, 1.807) is 18.3 Å². The maximum Gasteiger partial charge on any atom is 0.127 e. The van der Waals surface area contributed by atoms with E-state index < -0.39 is 0 Å². The van der Waals surface area contributed by atoms with Crippen molar-refractivity contribution in [1.82, 2.24) is 9.88 Å². The van der Waals surface area contributed by atoms with Gasteiger partial charge in [0.1, 0.15) is 5.82 Å². The summed E-state index contributed by atoms with van der Waals surface area (Å²) < 4.78 is 0. The highest BCUT2D eigenvalue weighted by Crippen LogP contribution is 2.05. The van der Waals surface area contributed by atoms with Gasteiger partial charge in [0.2, 0.25) is 0 Å². The van der Waals surface area contributed by atoms with Crippen molar-refractivity contribution in [1.29, 1.82) is 5.26 Å². The number of nitrogens with zero attached hydrogens (tertiary/aromatic N) is 3. The summed E-state index contributed by atoms with van der Waals surface area (Å²) in [5.74, 6) is 0.774. The van der Waals surface area contributed by atoms with Crippen molar-refractivity contribution in [2.75, 3.05) is 25.5 Å². The van der Waals surface area contributed by atoms with Gasteiger partial charge in [-0.25, -0.2) is 4.98 Å². The van der Waals surface area contributed by atoms with E-state index >= 15 is 0 Å². The minimum absolute atomic E-state index is 0.579. The van der Waals surface area contributed by atoms with Crippen molar-refractivity contribution in [2.45, 2.75) is 26.3 Å². The van der Waals surface area contributed by atoms with Crippen LogP contribution in [0.5, 0.6) is 0 Å². The lowest BCUT2D eigenvalue weighted by Crippen LogP contribution is -2.28. The molecule has 0 saturated carbocycles. The first-order valence-corrected chi connectivity index (χ1v) is 5.93. The second kappa shape index (κ2) is 6.87. The first kappa shape index (κ1) is 13.5. The van der Waals surface area contributed by atoms with Gasteiger partial charge < -0.3 is 10.2 Å². The molecule has 4 nitrogen and oxygen atoms in total. The van der Waals surface area contributed by atoms with Crippen LogP contribution in [0.1, 0.15) is 25.8 Å². The van der Waals surface area contributed by atoms with Crippen LogP contribution in [0, 0.1) is 11.3 Å². The predicted octanol–water partition coefficient (Wildman–Crippen LogP) is 2.10. The van der Waals surface area contributed by atoms with Crippen LogP contribution in [-0.2, 0) is 0 Å². The Morgan fingerprint density at radius 3 is 2.94 bits per heavy atom. The van der Waals surface area contributed by atoms with E-state index in [9.17, 15) is 0 Å². The molecular weight excluding hydrogens is 212 g/mol. The summed E-state index contributed by atoms with van der Waals surface area (Å²) in [5.41, 5.74) is 0.641. The molecule has 0 amide bonds. The Balaban J connectivity index is 2.29. The topological polar surface area (TPSA) is 52.0 Å². The van der Waals surface area contributed by atoms with E-state index in [-0.39, 0.29) is 0 Å². The highest BCUT2D eigenvalue weighted by Gasteiger charge is 2.02. The van der Waals surface area contributed by atoms with E-state index in [4.69, 9.17) is 5.26 Å². The summed E-state index contributed by atoms with van der Waals surface area (Å²) >= 11 is 0. The average molecular weight is 232 g/mol. The molecule has 0 fully saturated rings. The van der Waals surface area contributed by atoms with Gasteiger partial charge in [-0.3, -0.25) is 0 Å². The molecule has 1 aromatic heterocycles. The number of nitriles is 1. The maximum atomic E-state index is 8.76. The zero-order valence-corrected chi connectivity index (χ0v) is 10.8.